The Bertz CT molecular complexity index is 338. The van der Waals surface area contributed by atoms with E-state index in [-0.39, 0.29) is 6.10 Å². The minimum absolute atomic E-state index is 0.251. The SMILES string of the molecule is Cc1ccc2c(n1)[C@@H](CN)C[C@@H](C)O2. The second kappa shape index (κ2) is 3.58. The van der Waals surface area contributed by atoms with Gasteiger partial charge >= 0.3 is 0 Å². The molecule has 0 aliphatic carbocycles. The Labute approximate surface area is 84.3 Å². The Morgan fingerprint density at radius 2 is 2.36 bits per heavy atom. The standard InChI is InChI=1S/C11H16N2O/c1-7-3-4-10-11(13-7)9(6-12)5-8(2)14-10/h3-4,8-9H,5-6,12H2,1-2H3/t8-,9-/m1/s1. The maximum absolute atomic E-state index is 5.73. The Balaban J connectivity index is 2.41. The largest absolute Gasteiger partial charge is 0.489 e. The van der Waals surface area contributed by atoms with Crippen LogP contribution >= 0.6 is 0 Å². The summed E-state index contributed by atoms with van der Waals surface area (Å²) in [6, 6.07) is 3.97. The van der Waals surface area contributed by atoms with Crippen molar-refractivity contribution in [1.29, 1.82) is 0 Å². The number of fused-ring (bicyclic) bond motifs is 1. The highest BCUT2D eigenvalue weighted by Crippen LogP contribution is 2.34. The number of pyridine rings is 1. The summed E-state index contributed by atoms with van der Waals surface area (Å²) in [5, 5.41) is 0. The van der Waals surface area contributed by atoms with Gasteiger partial charge in [-0.1, -0.05) is 0 Å². The van der Waals surface area contributed by atoms with Gasteiger partial charge in [-0.2, -0.15) is 0 Å². The molecule has 1 aliphatic heterocycles. The first-order chi connectivity index (χ1) is 6.70. The van der Waals surface area contributed by atoms with Crippen LogP contribution in [0, 0.1) is 6.92 Å². The number of aryl methyl sites for hydroxylation is 1. The van der Waals surface area contributed by atoms with Gasteiger partial charge in [0, 0.05) is 18.2 Å². The molecule has 14 heavy (non-hydrogen) atoms. The molecule has 0 spiro atoms. The topological polar surface area (TPSA) is 48.1 Å². The molecule has 0 unspecified atom stereocenters. The van der Waals surface area contributed by atoms with Crippen LogP contribution in [0.15, 0.2) is 12.1 Å². The van der Waals surface area contributed by atoms with E-state index in [0.29, 0.717) is 12.5 Å². The number of hydrogen-bond donors (Lipinski definition) is 1. The predicted octanol–water partition coefficient (Wildman–Crippen LogP) is 1.60. The molecule has 0 aromatic carbocycles. The van der Waals surface area contributed by atoms with Crippen LogP contribution in [0.25, 0.3) is 0 Å². The summed E-state index contributed by atoms with van der Waals surface area (Å²) >= 11 is 0. The molecule has 0 saturated heterocycles. The third-order valence-electron chi connectivity index (χ3n) is 2.64. The van der Waals surface area contributed by atoms with Crippen molar-refractivity contribution in [2.75, 3.05) is 6.54 Å². The fraction of sp³-hybridized carbons (Fsp3) is 0.545. The van der Waals surface area contributed by atoms with Gasteiger partial charge in [-0.15, -0.1) is 0 Å². The van der Waals surface area contributed by atoms with Crippen molar-refractivity contribution in [3.63, 3.8) is 0 Å². The van der Waals surface area contributed by atoms with Crippen molar-refractivity contribution >= 4 is 0 Å². The predicted molar refractivity (Wildman–Crippen MR) is 55.5 cm³/mol. The summed E-state index contributed by atoms with van der Waals surface area (Å²) in [7, 11) is 0. The molecule has 2 N–H and O–H groups in total. The molecule has 76 valence electrons. The van der Waals surface area contributed by atoms with E-state index < -0.39 is 0 Å². The van der Waals surface area contributed by atoms with E-state index in [1.54, 1.807) is 0 Å². The lowest BCUT2D eigenvalue weighted by atomic mass is 9.94. The van der Waals surface area contributed by atoms with E-state index in [1.807, 2.05) is 19.1 Å². The lowest BCUT2D eigenvalue weighted by molar-refractivity contribution is 0.174. The summed E-state index contributed by atoms with van der Waals surface area (Å²) in [6.45, 7) is 4.72. The summed E-state index contributed by atoms with van der Waals surface area (Å²) in [6.07, 6.45) is 1.22. The molecule has 2 heterocycles. The van der Waals surface area contributed by atoms with Crippen molar-refractivity contribution in [3.05, 3.63) is 23.5 Å². The maximum atomic E-state index is 5.73. The maximum Gasteiger partial charge on any atom is 0.141 e. The molecule has 1 aromatic heterocycles. The van der Waals surface area contributed by atoms with E-state index in [2.05, 4.69) is 11.9 Å². The van der Waals surface area contributed by atoms with Crippen molar-refractivity contribution in [2.24, 2.45) is 5.73 Å². The number of ether oxygens (including phenoxy) is 1. The Kier molecular flexibility index (Phi) is 2.42. The number of hydrogen-bond acceptors (Lipinski definition) is 3. The molecular formula is C11H16N2O. The van der Waals surface area contributed by atoms with Crippen molar-refractivity contribution in [1.82, 2.24) is 4.98 Å². The molecule has 0 bridgehead atoms. The van der Waals surface area contributed by atoms with E-state index in [9.17, 15) is 0 Å². The van der Waals surface area contributed by atoms with Crippen LogP contribution in [0.2, 0.25) is 0 Å². The van der Waals surface area contributed by atoms with E-state index >= 15 is 0 Å². The van der Waals surface area contributed by atoms with Gasteiger partial charge in [0.15, 0.2) is 0 Å². The zero-order valence-electron chi connectivity index (χ0n) is 8.66. The van der Waals surface area contributed by atoms with Gasteiger partial charge < -0.3 is 10.5 Å². The zero-order valence-corrected chi connectivity index (χ0v) is 8.66. The molecule has 0 amide bonds. The van der Waals surface area contributed by atoms with Crippen LogP contribution in [0.1, 0.15) is 30.7 Å². The first-order valence-corrected chi connectivity index (χ1v) is 5.05. The third kappa shape index (κ3) is 1.60. The lowest BCUT2D eigenvalue weighted by Crippen LogP contribution is -2.28. The van der Waals surface area contributed by atoms with Crippen molar-refractivity contribution in [2.45, 2.75) is 32.3 Å². The Morgan fingerprint density at radius 1 is 1.57 bits per heavy atom. The Morgan fingerprint density at radius 3 is 3.07 bits per heavy atom. The number of nitrogens with zero attached hydrogens (tertiary/aromatic N) is 1. The minimum atomic E-state index is 0.251. The van der Waals surface area contributed by atoms with Crippen molar-refractivity contribution in [3.8, 4) is 5.75 Å². The van der Waals surface area contributed by atoms with Crippen LogP contribution < -0.4 is 10.5 Å². The van der Waals surface area contributed by atoms with E-state index in [1.165, 1.54) is 0 Å². The number of nitrogens with two attached hydrogens (primary N) is 1. The molecule has 1 aromatic rings. The van der Waals surface area contributed by atoms with Gasteiger partial charge in [0.25, 0.3) is 0 Å². The normalized spacial score (nSPS) is 25.4. The van der Waals surface area contributed by atoms with Gasteiger partial charge in [0.1, 0.15) is 5.75 Å². The van der Waals surface area contributed by atoms with Crippen LogP contribution in [0.5, 0.6) is 5.75 Å². The molecule has 0 saturated carbocycles. The first kappa shape index (κ1) is 9.46. The highest BCUT2D eigenvalue weighted by atomic mass is 16.5. The summed E-state index contributed by atoms with van der Waals surface area (Å²) < 4.78 is 5.70. The fourth-order valence-electron chi connectivity index (χ4n) is 1.94. The second-order valence-corrected chi connectivity index (χ2v) is 3.93. The van der Waals surface area contributed by atoms with Crippen LogP contribution in [-0.2, 0) is 0 Å². The van der Waals surface area contributed by atoms with Gasteiger partial charge in [-0.25, -0.2) is 0 Å². The van der Waals surface area contributed by atoms with Gasteiger partial charge in [-0.05, 0) is 32.4 Å². The Hall–Kier alpha value is -1.09. The monoisotopic (exact) mass is 192 g/mol. The fourth-order valence-corrected chi connectivity index (χ4v) is 1.94. The highest BCUT2D eigenvalue weighted by molar-refractivity contribution is 5.34. The smallest absolute Gasteiger partial charge is 0.141 e. The van der Waals surface area contributed by atoms with Gasteiger partial charge in [-0.3, -0.25) is 4.98 Å². The average molecular weight is 192 g/mol. The molecule has 3 nitrogen and oxygen atoms in total. The van der Waals surface area contributed by atoms with Crippen LogP contribution in [0.4, 0.5) is 0 Å². The molecule has 2 atom stereocenters. The second-order valence-electron chi connectivity index (χ2n) is 3.93. The quantitative estimate of drug-likeness (QED) is 0.735. The highest BCUT2D eigenvalue weighted by Gasteiger charge is 2.25. The first-order valence-electron chi connectivity index (χ1n) is 5.05. The number of aromatic nitrogens is 1. The minimum Gasteiger partial charge on any atom is -0.489 e. The molecular weight excluding hydrogens is 176 g/mol. The summed E-state index contributed by atoms with van der Waals surface area (Å²) in [5.41, 5.74) is 7.80. The van der Waals surface area contributed by atoms with Gasteiger partial charge in [0.2, 0.25) is 0 Å². The molecule has 0 radical (unpaired) electrons. The molecule has 0 fully saturated rings. The van der Waals surface area contributed by atoms with Gasteiger partial charge in [0.05, 0.1) is 11.8 Å². The molecule has 2 rings (SSSR count). The number of rotatable bonds is 1. The molecule has 3 heteroatoms. The van der Waals surface area contributed by atoms with Crippen molar-refractivity contribution < 1.29 is 4.74 Å². The zero-order chi connectivity index (χ0) is 10.1. The summed E-state index contributed by atoms with van der Waals surface area (Å²) in [5.74, 6) is 1.26. The summed E-state index contributed by atoms with van der Waals surface area (Å²) in [4.78, 5) is 4.50. The van der Waals surface area contributed by atoms with Crippen LogP contribution in [0.3, 0.4) is 0 Å². The van der Waals surface area contributed by atoms with E-state index in [0.717, 1.165) is 23.6 Å². The van der Waals surface area contributed by atoms with Crippen LogP contribution in [-0.4, -0.2) is 17.6 Å². The third-order valence-corrected chi connectivity index (χ3v) is 2.64. The van der Waals surface area contributed by atoms with E-state index in [4.69, 9.17) is 10.5 Å². The lowest BCUT2D eigenvalue weighted by Gasteiger charge is -2.28. The molecule has 1 aliphatic rings. The average Bonchev–Trinajstić information content (AvgIpc) is 2.17.